The van der Waals surface area contributed by atoms with Gasteiger partial charge in [0.15, 0.2) is 0 Å². The molecule has 0 aromatic heterocycles. The second kappa shape index (κ2) is 6.37. The van der Waals surface area contributed by atoms with Gasteiger partial charge in [-0.3, -0.25) is 9.59 Å². The van der Waals surface area contributed by atoms with E-state index in [1.807, 2.05) is 0 Å². The van der Waals surface area contributed by atoms with E-state index in [9.17, 15) is 9.59 Å². The Morgan fingerprint density at radius 2 is 1.93 bits per heavy atom. The van der Waals surface area contributed by atoms with Crippen molar-refractivity contribution in [1.82, 2.24) is 10.6 Å². The molecule has 5 nitrogen and oxygen atoms in total. The van der Waals surface area contributed by atoms with E-state index in [4.69, 9.17) is 5.11 Å². The Bertz CT molecular complexity index is 204. The average Bonchev–Trinajstić information content (AvgIpc) is 2.13. The van der Waals surface area contributed by atoms with Gasteiger partial charge in [-0.15, -0.1) is 0 Å². The first-order valence-corrected chi connectivity index (χ1v) is 4.66. The molecule has 0 rings (SSSR count). The van der Waals surface area contributed by atoms with E-state index < -0.39 is 12.1 Å². The number of hydrogen-bond donors (Lipinski definition) is 3. The van der Waals surface area contributed by atoms with Crippen molar-refractivity contribution in [3.05, 3.63) is 0 Å². The molecule has 0 aromatic rings. The molecule has 2 atom stereocenters. The Kier molecular flexibility index (Phi) is 5.87. The Labute approximate surface area is 83.9 Å². The van der Waals surface area contributed by atoms with Gasteiger partial charge in [0.2, 0.25) is 11.8 Å². The van der Waals surface area contributed by atoms with E-state index in [0.717, 1.165) is 0 Å². The third-order valence-electron chi connectivity index (χ3n) is 1.81. The van der Waals surface area contributed by atoms with Crippen molar-refractivity contribution in [1.29, 1.82) is 0 Å². The van der Waals surface area contributed by atoms with Crippen LogP contribution in [0, 0.1) is 0 Å². The predicted octanol–water partition coefficient (Wildman–Crippen LogP) is -0.602. The quantitative estimate of drug-likeness (QED) is 0.557. The van der Waals surface area contributed by atoms with Gasteiger partial charge in [0.1, 0.15) is 6.04 Å². The summed E-state index contributed by atoms with van der Waals surface area (Å²) < 4.78 is 0. The summed E-state index contributed by atoms with van der Waals surface area (Å²) in [4.78, 5) is 22.2. The van der Waals surface area contributed by atoms with Crippen molar-refractivity contribution in [2.75, 3.05) is 7.05 Å². The highest BCUT2D eigenvalue weighted by molar-refractivity contribution is 5.86. The summed E-state index contributed by atoms with van der Waals surface area (Å²) in [5.74, 6) is -0.447. The number of nitrogens with one attached hydrogen (secondary N) is 2. The zero-order valence-electron chi connectivity index (χ0n) is 8.83. The van der Waals surface area contributed by atoms with E-state index in [1.54, 1.807) is 13.8 Å². The number of hydrogen-bond acceptors (Lipinski definition) is 3. The van der Waals surface area contributed by atoms with Crippen molar-refractivity contribution in [2.24, 2.45) is 0 Å². The monoisotopic (exact) mass is 202 g/mol. The van der Waals surface area contributed by atoms with Gasteiger partial charge in [0, 0.05) is 13.5 Å². The number of rotatable bonds is 5. The molecule has 0 aliphatic heterocycles. The van der Waals surface area contributed by atoms with Gasteiger partial charge >= 0.3 is 0 Å². The zero-order chi connectivity index (χ0) is 11.1. The molecule has 82 valence electrons. The fourth-order valence-electron chi connectivity index (χ4n) is 0.936. The van der Waals surface area contributed by atoms with Crippen molar-refractivity contribution in [3.63, 3.8) is 0 Å². The first-order chi connectivity index (χ1) is 6.47. The molecule has 0 saturated carbocycles. The van der Waals surface area contributed by atoms with Crippen molar-refractivity contribution in [2.45, 2.75) is 38.8 Å². The summed E-state index contributed by atoms with van der Waals surface area (Å²) in [5, 5.41) is 13.9. The summed E-state index contributed by atoms with van der Waals surface area (Å²) >= 11 is 0. The molecular weight excluding hydrogens is 184 g/mol. The maximum absolute atomic E-state index is 11.2. The van der Waals surface area contributed by atoms with E-state index in [2.05, 4.69) is 10.6 Å². The lowest BCUT2D eigenvalue weighted by Crippen LogP contribution is -2.43. The fourth-order valence-corrected chi connectivity index (χ4v) is 0.936. The summed E-state index contributed by atoms with van der Waals surface area (Å²) in [6.07, 6.45) is 0.154. The van der Waals surface area contributed by atoms with Crippen LogP contribution < -0.4 is 10.6 Å². The van der Waals surface area contributed by atoms with Crippen LogP contribution in [0.4, 0.5) is 0 Å². The zero-order valence-corrected chi connectivity index (χ0v) is 8.83. The fraction of sp³-hybridized carbons (Fsp3) is 0.778. The first kappa shape index (κ1) is 12.9. The van der Waals surface area contributed by atoms with Crippen molar-refractivity contribution >= 4 is 11.8 Å². The topological polar surface area (TPSA) is 78.4 Å². The van der Waals surface area contributed by atoms with E-state index in [1.165, 1.54) is 7.05 Å². The SMILES string of the molecule is CNC(=O)C(C)NC(=O)CCC(C)O. The second-order valence-corrected chi connectivity index (χ2v) is 3.29. The standard InChI is InChI=1S/C9H18N2O3/c1-6(12)4-5-8(13)11-7(2)9(14)10-3/h6-7,12H,4-5H2,1-3H3,(H,10,14)(H,11,13). The number of aliphatic hydroxyl groups is 1. The minimum Gasteiger partial charge on any atom is -0.393 e. The molecule has 14 heavy (non-hydrogen) atoms. The van der Waals surface area contributed by atoms with Gasteiger partial charge < -0.3 is 15.7 Å². The van der Waals surface area contributed by atoms with Crippen LogP contribution in [0.3, 0.4) is 0 Å². The van der Waals surface area contributed by atoms with Gasteiger partial charge in [0.05, 0.1) is 6.10 Å². The Morgan fingerprint density at radius 3 is 2.36 bits per heavy atom. The molecule has 2 unspecified atom stereocenters. The first-order valence-electron chi connectivity index (χ1n) is 4.66. The van der Waals surface area contributed by atoms with Crippen LogP contribution in [0.1, 0.15) is 26.7 Å². The number of carbonyl (C=O) groups is 2. The highest BCUT2D eigenvalue weighted by Gasteiger charge is 2.13. The molecular formula is C9H18N2O3. The van der Waals surface area contributed by atoms with Crippen LogP contribution in [0.15, 0.2) is 0 Å². The van der Waals surface area contributed by atoms with Crippen LogP contribution in [0.5, 0.6) is 0 Å². The van der Waals surface area contributed by atoms with Crippen LogP contribution in [0.25, 0.3) is 0 Å². The molecule has 0 radical (unpaired) electrons. The third-order valence-corrected chi connectivity index (χ3v) is 1.81. The molecule has 2 amide bonds. The van der Waals surface area contributed by atoms with Crippen LogP contribution >= 0.6 is 0 Å². The molecule has 0 aromatic carbocycles. The minimum absolute atomic E-state index is 0.220. The van der Waals surface area contributed by atoms with Crippen LogP contribution in [-0.2, 0) is 9.59 Å². The van der Waals surface area contributed by atoms with E-state index >= 15 is 0 Å². The summed E-state index contributed by atoms with van der Waals surface area (Å²) in [7, 11) is 1.51. The number of amides is 2. The minimum atomic E-state index is -0.526. The number of carbonyl (C=O) groups excluding carboxylic acids is 2. The molecule has 0 heterocycles. The van der Waals surface area contributed by atoms with E-state index in [-0.39, 0.29) is 18.2 Å². The van der Waals surface area contributed by atoms with Crippen molar-refractivity contribution in [3.8, 4) is 0 Å². The highest BCUT2D eigenvalue weighted by atomic mass is 16.3. The molecule has 3 N–H and O–H groups in total. The van der Waals surface area contributed by atoms with E-state index in [0.29, 0.717) is 6.42 Å². The maximum Gasteiger partial charge on any atom is 0.242 e. The molecule has 0 aliphatic carbocycles. The lowest BCUT2D eigenvalue weighted by Gasteiger charge is -2.12. The van der Waals surface area contributed by atoms with Gasteiger partial charge in [-0.05, 0) is 20.3 Å². The molecule has 0 fully saturated rings. The van der Waals surface area contributed by atoms with Gasteiger partial charge in [-0.2, -0.15) is 0 Å². The largest absolute Gasteiger partial charge is 0.393 e. The Balaban J connectivity index is 3.77. The lowest BCUT2D eigenvalue weighted by atomic mass is 10.2. The smallest absolute Gasteiger partial charge is 0.242 e. The second-order valence-electron chi connectivity index (χ2n) is 3.29. The van der Waals surface area contributed by atoms with Crippen molar-refractivity contribution < 1.29 is 14.7 Å². The van der Waals surface area contributed by atoms with Crippen LogP contribution in [0.2, 0.25) is 0 Å². The molecule has 0 aliphatic rings. The molecule has 0 bridgehead atoms. The number of aliphatic hydroxyl groups excluding tert-OH is 1. The van der Waals surface area contributed by atoms with Gasteiger partial charge in [-0.1, -0.05) is 0 Å². The summed E-state index contributed by atoms with van der Waals surface area (Å²) in [6, 6.07) is -0.526. The van der Waals surface area contributed by atoms with Gasteiger partial charge in [0.25, 0.3) is 0 Å². The number of likely N-dealkylation sites (N-methyl/N-ethyl adjacent to an activating group) is 1. The normalized spacial score (nSPS) is 14.3. The average molecular weight is 202 g/mol. The van der Waals surface area contributed by atoms with Gasteiger partial charge in [-0.25, -0.2) is 0 Å². The molecule has 0 spiro atoms. The summed E-state index contributed by atoms with van der Waals surface area (Å²) in [6.45, 7) is 3.23. The highest BCUT2D eigenvalue weighted by Crippen LogP contribution is 1.95. The lowest BCUT2D eigenvalue weighted by molar-refractivity contribution is -0.128. The maximum atomic E-state index is 11.2. The third kappa shape index (κ3) is 5.53. The molecule has 5 heteroatoms. The molecule has 0 saturated heterocycles. The summed E-state index contributed by atoms with van der Waals surface area (Å²) in [5.41, 5.74) is 0. The Morgan fingerprint density at radius 1 is 1.36 bits per heavy atom. The van der Waals surface area contributed by atoms with Crippen LogP contribution in [-0.4, -0.2) is 36.1 Å². The Hall–Kier alpha value is -1.10. The predicted molar refractivity (Wildman–Crippen MR) is 52.6 cm³/mol.